The molecule has 3 aromatic rings. The highest BCUT2D eigenvalue weighted by atomic mass is 32.1. The van der Waals surface area contributed by atoms with E-state index in [-0.39, 0.29) is 5.82 Å². The van der Waals surface area contributed by atoms with Gasteiger partial charge in [-0.3, -0.25) is 0 Å². The molecule has 0 saturated heterocycles. The first-order valence-corrected chi connectivity index (χ1v) is 7.14. The first kappa shape index (κ1) is 12.8. The predicted octanol–water partition coefficient (Wildman–Crippen LogP) is 4.12. The molecule has 2 nitrogen and oxygen atoms in total. The van der Waals surface area contributed by atoms with Crippen molar-refractivity contribution < 1.29 is 4.39 Å². The molecule has 0 saturated carbocycles. The molecule has 0 amide bonds. The van der Waals surface area contributed by atoms with Gasteiger partial charge in [0.2, 0.25) is 0 Å². The molecule has 0 spiro atoms. The number of anilines is 1. The molecule has 0 aliphatic carbocycles. The highest BCUT2D eigenvalue weighted by molar-refractivity contribution is 7.10. The molecule has 20 heavy (non-hydrogen) atoms. The lowest BCUT2D eigenvalue weighted by molar-refractivity contribution is 0.626. The van der Waals surface area contributed by atoms with E-state index in [4.69, 9.17) is 5.73 Å². The van der Waals surface area contributed by atoms with E-state index >= 15 is 0 Å². The Bertz CT molecular complexity index is 722. The van der Waals surface area contributed by atoms with E-state index in [1.165, 1.54) is 12.1 Å². The Morgan fingerprint density at radius 2 is 1.90 bits per heavy atom. The Kier molecular flexibility index (Phi) is 3.48. The second-order valence-corrected chi connectivity index (χ2v) is 5.46. The Balaban J connectivity index is 1.86. The Hall–Kier alpha value is -2.20. The molecule has 100 valence electrons. The molecule has 0 aliphatic rings. The molecule has 4 heteroatoms. The third-order valence-electron chi connectivity index (χ3n) is 3.07. The van der Waals surface area contributed by atoms with Crippen LogP contribution in [0.15, 0.2) is 53.9 Å². The number of hydrogen-bond acceptors (Lipinski definition) is 3. The maximum atomic E-state index is 13.2. The van der Waals surface area contributed by atoms with Gasteiger partial charge in [0.25, 0.3) is 0 Å². The van der Waals surface area contributed by atoms with Gasteiger partial charge < -0.3 is 5.73 Å². The van der Waals surface area contributed by atoms with Gasteiger partial charge in [-0.15, -0.1) is 11.3 Å². The first-order valence-electron chi connectivity index (χ1n) is 6.26. The van der Waals surface area contributed by atoms with Crippen LogP contribution < -0.4 is 5.73 Å². The van der Waals surface area contributed by atoms with Crippen molar-refractivity contribution in [3.8, 4) is 11.3 Å². The van der Waals surface area contributed by atoms with Crippen molar-refractivity contribution in [2.24, 2.45) is 0 Å². The van der Waals surface area contributed by atoms with Gasteiger partial charge in [-0.1, -0.05) is 30.3 Å². The minimum absolute atomic E-state index is 0.269. The number of nitrogen functional groups attached to an aromatic ring is 1. The van der Waals surface area contributed by atoms with Crippen molar-refractivity contribution in [3.63, 3.8) is 0 Å². The molecule has 0 aliphatic heterocycles. The zero-order chi connectivity index (χ0) is 13.9. The highest BCUT2D eigenvalue weighted by Crippen LogP contribution is 2.25. The molecule has 1 heterocycles. The quantitative estimate of drug-likeness (QED) is 0.735. The molecule has 0 radical (unpaired) electrons. The molecule has 0 unspecified atom stereocenters. The summed E-state index contributed by atoms with van der Waals surface area (Å²) in [6, 6.07) is 14.4. The molecule has 3 rings (SSSR count). The zero-order valence-electron chi connectivity index (χ0n) is 10.7. The van der Waals surface area contributed by atoms with Crippen LogP contribution in [0, 0.1) is 5.82 Å². The molecular weight excluding hydrogens is 271 g/mol. The summed E-state index contributed by atoms with van der Waals surface area (Å²) >= 11 is 1.56. The minimum Gasteiger partial charge on any atom is -0.398 e. The average Bonchev–Trinajstić information content (AvgIpc) is 2.92. The molecule has 1 aromatic heterocycles. The molecular formula is C16H13FN2S. The Morgan fingerprint density at radius 1 is 1.10 bits per heavy atom. The minimum atomic E-state index is -0.269. The van der Waals surface area contributed by atoms with Crippen molar-refractivity contribution in [1.29, 1.82) is 0 Å². The summed E-state index contributed by atoms with van der Waals surface area (Å²) in [5, 5.41) is 2.95. The summed E-state index contributed by atoms with van der Waals surface area (Å²) in [7, 11) is 0. The van der Waals surface area contributed by atoms with Gasteiger partial charge in [0.15, 0.2) is 0 Å². The van der Waals surface area contributed by atoms with Gasteiger partial charge in [-0.05, 0) is 23.8 Å². The third-order valence-corrected chi connectivity index (χ3v) is 3.92. The van der Waals surface area contributed by atoms with E-state index in [1.807, 2.05) is 35.7 Å². The maximum Gasteiger partial charge on any atom is 0.123 e. The zero-order valence-corrected chi connectivity index (χ0v) is 11.5. The molecule has 2 N–H and O–H groups in total. The van der Waals surface area contributed by atoms with E-state index in [0.717, 1.165) is 21.8 Å². The van der Waals surface area contributed by atoms with Crippen LogP contribution in [0.5, 0.6) is 0 Å². The molecule has 0 bridgehead atoms. The smallest absolute Gasteiger partial charge is 0.123 e. The highest BCUT2D eigenvalue weighted by Gasteiger charge is 2.08. The monoisotopic (exact) mass is 284 g/mol. The van der Waals surface area contributed by atoms with Crippen LogP contribution in [0.4, 0.5) is 10.1 Å². The second-order valence-electron chi connectivity index (χ2n) is 4.51. The van der Waals surface area contributed by atoms with Gasteiger partial charge in [-0.25, -0.2) is 9.37 Å². The van der Waals surface area contributed by atoms with Crippen LogP contribution in [0.2, 0.25) is 0 Å². The van der Waals surface area contributed by atoms with Crippen molar-refractivity contribution >= 4 is 17.0 Å². The number of nitrogens with zero attached hydrogens (tertiary/aromatic N) is 1. The standard InChI is InChI=1S/C16H13FN2S/c17-13-6-7-14(18)12(8-13)9-16-19-15(10-20-16)11-4-2-1-3-5-11/h1-8,10H,9,18H2. The van der Waals surface area contributed by atoms with Gasteiger partial charge in [0, 0.05) is 23.1 Å². The van der Waals surface area contributed by atoms with Crippen LogP contribution in [0.1, 0.15) is 10.6 Å². The Morgan fingerprint density at radius 3 is 2.70 bits per heavy atom. The largest absolute Gasteiger partial charge is 0.398 e. The maximum absolute atomic E-state index is 13.2. The second kappa shape index (κ2) is 5.43. The predicted molar refractivity (Wildman–Crippen MR) is 81.2 cm³/mol. The van der Waals surface area contributed by atoms with Crippen LogP contribution in [-0.4, -0.2) is 4.98 Å². The summed E-state index contributed by atoms with van der Waals surface area (Å²) < 4.78 is 13.2. The van der Waals surface area contributed by atoms with Crippen molar-refractivity contribution in [2.75, 3.05) is 5.73 Å². The van der Waals surface area contributed by atoms with E-state index in [0.29, 0.717) is 12.1 Å². The number of nitrogens with two attached hydrogens (primary N) is 1. The molecule has 2 aromatic carbocycles. The molecule has 0 atom stereocenters. The van der Waals surface area contributed by atoms with Crippen LogP contribution in [0.25, 0.3) is 11.3 Å². The first-order chi connectivity index (χ1) is 9.72. The lowest BCUT2D eigenvalue weighted by atomic mass is 10.1. The van der Waals surface area contributed by atoms with E-state index in [9.17, 15) is 4.39 Å². The summed E-state index contributed by atoms with van der Waals surface area (Å²) in [5.41, 5.74) is 9.27. The number of aromatic nitrogens is 1. The average molecular weight is 284 g/mol. The van der Waals surface area contributed by atoms with Crippen molar-refractivity contribution in [2.45, 2.75) is 6.42 Å². The van der Waals surface area contributed by atoms with Crippen molar-refractivity contribution in [1.82, 2.24) is 4.98 Å². The van der Waals surface area contributed by atoms with E-state index in [1.54, 1.807) is 17.4 Å². The summed E-state index contributed by atoms with van der Waals surface area (Å²) in [6.07, 6.45) is 0.557. The van der Waals surface area contributed by atoms with Gasteiger partial charge in [0.1, 0.15) is 5.82 Å². The van der Waals surface area contributed by atoms with Crippen LogP contribution in [-0.2, 0) is 6.42 Å². The van der Waals surface area contributed by atoms with Gasteiger partial charge >= 0.3 is 0 Å². The lowest BCUT2D eigenvalue weighted by Gasteiger charge is -2.03. The van der Waals surface area contributed by atoms with Crippen LogP contribution in [0.3, 0.4) is 0 Å². The number of hydrogen-bond donors (Lipinski definition) is 1. The normalized spacial score (nSPS) is 10.7. The fraction of sp³-hybridized carbons (Fsp3) is 0.0625. The number of benzene rings is 2. The number of rotatable bonds is 3. The number of thiazole rings is 1. The topological polar surface area (TPSA) is 38.9 Å². The summed E-state index contributed by atoms with van der Waals surface area (Å²) in [4.78, 5) is 4.59. The van der Waals surface area contributed by atoms with Gasteiger partial charge in [0.05, 0.1) is 10.7 Å². The van der Waals surface area contributed by atoms with Crippen LogP contribution >= 0.6 is 11.3 Å². The van der Waals surface area contributed by atoms with Crippen molar-refractivity contribution in [3.05, 3.63) is 70.3 Å². The van der Waals surface area contributed by atoms with E-state index in [2.05, 4.69) is 4.98 Å². The third kappa shape index (κ3) is 2.70. The molecule has 0 fully saturated rings. The number of halogens is 1. The van der Waals surface area contributed by atoms with E-state index < -0.39 is 0 Å². The fourth-order valence-electron chi connectivity index (χ4n) is 2.02. The Labute approximate surface area is 120 Å². The fourth-order valence-corrected chi connectivity index (χ4v) is 2.85. The SMILES string of the molecule is Nc1ccc(F)cc1Cc1nc(-c2ccccc2)cs1. The lowest BCUT2D eigenvalue weighted by Crippen LogP contribution is -1.96. The summed E-state index contributed by atoms with van der Waals surface area (Å²) in [5.74, 6) is -0.269. The summed E-state index contributed by atoms with van der Waals surface area (Å²) in [6.45, 7) is 0. The van der Waals surface area contributed by atoms with Gasteiger partial charge in [-0.2, -0.15) is 0 Å².